The second-order valence-corrected chi connectivity index (χ2v) is 6.82. The van der Waals surface area contributed by atoms with Gasteiger partial charge in [0.25, 0.3) is 0 Å². The van der Waals surface area contributed by atoms with Crippen LogP contribution < -0.4 is 0 Å². The third kappa shape index (κ3) is 2.06. The first-order valence-corrected chi connectivity index (χ1v) is 8.31. The maximum absolute atomic E-state index is 4.11. The van der Waals surface area contributed by atoms with Crippen molar-refractivity contribution in [3.05, 3.63) is 72.8 Å². The molecule has 4 rings (SSSR count). The van der Waals surface area contributed by atoms with Crippen molar-refractivity contribution < 1.29 is 0 Å². The van der Waals surface area contributed by atoms with Gasteiger partial charge < -0.3 is 0 Å². The van der Waals surface area contributed by atoms with Gasteiger partial charge in [-0.1, -0.05) is 61.5 Å². The molecule has 3 atom stereocenters. The lowest BCUT2D eigenvalue weighted by molar-refractivity contribution is 0.584. The predicted molar refractivity (Wildman–Crippen MR) is 96.3 cm³/mol. The summed E-state index contributed by atoms with van der Waals surface area (Å²) in [7, 11) is 0. The van der Waals surface area contributed by atoms with E-state index in [9.17, 15) is 0 Å². The first-order valence-electron chi connectivity index (χ1n) is 8.31. The van der Waals surface area contributed by atoms with Gasteiger partial charge in [-0.25, -0.2) is 0 Å². The maximum atomic E-state index is 4.11. The van der Waals surface area contributed by atoms with Crippen LogP contribution in [-0.2, 0) is 0 Å². The fourth-order valence-electron chi connectivity index (χ4n) is 4.37. The molecular formula is C22H22. The molecule has 0 N–H and O–H groups in total. The minimum Gasteiger partial charge on any atom is -0.103 e. The highest BCUT2D eigenvalue weighted by atomic mass is 14.4. The lowest BCUT2D eigenvalue weighted by atomic mass is 9.82. The fraction of sp³-hybridized carbons (Fsp3) is 0.273. The van der Waals surface area contributed by atoms with Crippen LogP contribution in [0.25, 0.3) is 21.5 Å². The van der Waals surface area contributed by atoms with Crippen LogP contribution in [0.5, 0.6) is 0 Å². The lowest BCUT2D eigenvalue weighted by Gasteiger charge is -2.21. The summed E-state index contributed by atoms with van der Waals surface area (Å²) >= 11 is 0. The molecule has 3 aromatic rings. The molecule has 0 aromatic heterocycles. The molecule has 0 heterocycles. The van der Waals surface area contributed by atoms with E-state index in [1.165, 1.54) is 34.4 Å². The largest absolute Gasteiger partial charge is 0.103 e. The number of hydrogen-bond acceptors (Lipinski definition) is 0. The summed E-state index contributed by atoms with van der Waals surface area (Å²) < 4.78 is 0. The Kier molecular flexibility index (Phi) is 3.26. The molecule has 0 nitrogen and oxygen atoms in total. The molecule has 1 fully saturated rings. The Morgan fingerprint density at radius 3 is 2.09 bits per heavy atom. The van der Waals surface area contributed by atoms with Gasteiger partial charge in [0.05, 0.1) is 0 Å². The van der Waals surface area contributed by atoms with Crippen molar-refractivity contribution in [1.29, 1.82) is 0 Å². The van der Waals surface area contributed by atoms with Gasteiger partial charge in [0.1, 0.15) is 0 Å². The van der Waals surface area contributed by atoms with E-state index in [1.54, 1.807) is 5.56 Å². The smallest absolute Gasteiger partial charge is 0.00842 e. The van der Waals surface area contributed by atoms with Crippen LogP contribution in [0.2, 0.25) is 0 Å². The summed E-state index contributed by atoms with van der Waals surface area (Å²) in [4.78, 5) is 0. The van der Waals surface area contributed by atoms with Crippen LogP contribution in [0.15, 0.2) is 67.3 Å². The highest BCUT2D eigenvalue weighted by molar-refractivity contribution is 6.02. The zero-order chi connectivity index (χ0) is 15.1. The van der Waals surface area contributed by atoms with Gasteiger partial charge in [0.2, 0.25) is 0 Å². The Labute approximate surface area is 132 Å². The molecule has 1 aliphatic rings. The van der Waals surface area contributed by atoms with E-state index >= 15 is 0 Å². The van der Waals surface area contributed by atoms with Crippen molar-refractivity contribution in [1.82, 2.24) is 0 Å². The summed E-state index contributed by atoms with van der Waals surface area (Å²) in [5, 5.41) is 5.57. The van der Waals surface area contributed by atoms with Crippen LogP contribution in [0.3, 0.4) is 0 Å². The first kappa shape index (κ1) is 13.6. The van der Waals surface area contributed by atoms with Crippen molar-refractivity contribution in [2.45, 2.75) is 25.7 Å². The van der Waals surface area contributed by atoms with Gasteiger partial charge in [0.15, 0.2) is 0 Å². The van der Waals surface area contributed by atoms with Crippen molar-refractivity contribution in [3.8, 4) is 0 Å². The molecule has 0 saturated heterocycles. The number of benzene rings is 3. The molecule has 0 aliphatic heterocycles. The summed E-state index contributed by atoms with van der Waals surface area (Å²) in [6, 6.07) is 20.0. The van der Waals surface area contributed by atoms with Crippen LogP contribution in [0.4, 0.5) is 0 Å². The normalized spacial score (nSPS) is 24.9. The van der Waals surface area contributed by atoms with E-state index < -0.39 is 0 Å². The molecule has 0 spiro atoms. The highest BCUT2D eigenvalue weighted by Gasteiger charge is 2.32. The number of allylic oxidation sites excluding steroid dienone is 1. The molecule has 0 amide bonds. The third-order valence-corrected chi connectivity index (χ3v) is 5.33. The van der Waals surface area contributed by atoms with Gasteiger partial charge in [-0.05, 0) is 63.8 Å². The molecule has 3 aromatic carbocycles. The van der Waals surface area contributed by atoms with Crippen LogP contribution in [0, 0.1) is 11.8 Å². The van der Waals surface area contributed by atoms with Gasteiger partial charge in [-0.2, -0.15) is 0 Å². The van der Waals surface area contributed by atoms with Crippen molar-refractivity contribution in [2.75, 3.05) is 0 Å². The second-order valence-electron chi connectivity index (χ2n) is 6.82. The molecule has 22 heavy (non-hydrogen) atoms. The minimum atomic E-state index is 0.600. The van der Waals surface area contributed by atoms with E-state index in [-0.39, 0.29) is 0 Å². The predicted octanol–water partition coefficient (Wildman–Crippen LogP) is 6.31. The van der Waals surface area contributed by atoms with Gasteiger partial charge >= 0.3 is 0 Å². The number of hydrogen-bond donors (Lipinski definition) is 0. The van der Waals surface area contributed by atoms with Crippen molar-refractivity contribution >= 4 is 21.5 Å². The molecule has 0 bridgehead atoms. The van der Waals surface area contributed by atoms with Crippen molar-refractivity contribution in [2.24, 2.45) is 11.8 Å². The highest BCUT2D eigenvalue weighted by Crippen LogP contribution is 2.47. The summed E-state index contributed by atoms with van der Waals surface area (Å²) in [5.74, 6) is 1.98. The second kappa shape index (κ2) is 5.28. The van der Waals surface area contributed by atoms with Crippen LogP contribution in [0.1, 0.15) is 31.2 Å². The van der Waals surface area contributed by atoms with Crippen LogP contribution in [-0.4, -0.2) is 0 Å². The van der Waals surface area contributed by atoms with E-state index in [1.807, 2.05) is 0 Å². The average Bonchev–Trinajstić information content (AvgIpc) is 2.93. The molecule has 0 radical (unpaired) electrons. The number of fused-ring (bicyclic) bond motifs is 2. The summed E-state index contributed by atoms with van der Waals surface area (Å²) in [5.41, 5.74) is 1.54. The molecule has 1 saturated carbocycles. The monoisotopic (exact) mass is 286 g/mol. The van der Waals surface area contributed by atoms with E-state index in [4.69, 9.17) is 0 Å². The Balaban J connectivity index is 2.06. The van der Waals surface area contributed by atoms with Gasteiger partial charge in [-0.15, -0.1) is 6.58 Å². The standard InChI is InChI=1S/C22H22/c1-3-16-12-15(2)13-21(16)22-19-10-6-4-8-17(19)14-18-9-5-7-11-20(18)22/h3-11,14-16,21H,1,12-13H2,2H3. The third-order valence-electron chi connectivity index (χ3n) is 5.33. The molecule has 0 heteroatoms. The molecular weight excluding hydrogens is 264 g/mol. The molecule has 1 aliphatic carbocycles. The lowest BCUT2D eigenvalue weighted by Crippen LogP contribution is -2.05. The topological polar surface area (TPSA) is 0 Å². The van der Waals surface area contributed by atoms with E-state index in [0.29, 0.717) is 11.8 Å². The molecule has 3 unspecified atom stereocenters. The minimum absolute atomic E-state index is 0.600. The maximum Gasteiger partial charge on any atom is -0.00842 e. The van der Waals surface area contributed by atoms with Crippen LogP contribution >= 0.6 is 0 Å². The SMILES string of the molecule is C=CC1CC(C)CC1c1c2ccccc2cc2ccccc12. The zero-order valence-electron chi connectivity index (χ0n) is 13.1. The van der Waals surface area contributed by atoms with E-state index in [2.05, 4.69) is 74.2 Å². The van der Waals surface area contributed by atoms with Gasteiger partial charge in [-0.3, -0.25) is 0 Å². The Morgan fingerprint density at radius 1 is 0.909 bits per heavy atom. The van der Waals surface area contributed by atoms with Crippen molar-refractivity contribution in [3.63, 3.8) is 0 Å². The summed E-state index contributed by atoms with van der Waals surface area (Å²) in [6.07, 6.45) is 4.73. The van der Waals surface area contributed by atoms with Gasteiger partial charge in [0, 0.05) is 0 Å². The van der Waals surface area contributed by atoms with E-state index in [0.717, 1.165) is 5.92 Å². The Hall–Kier alpha value is -2.08. The Bertz CT molecular complexity index is 789. The Morgan fingerprint density at radius 2 is 1.50 bits per heavy atom. The number of rotatable bonds is 2. The zero-order valence-corrected chi connectivity index (χ0v) is 13.1. The fourth-order valence-corrected chi connectivity index (χ4v) is 4.37. The molecule has 110 valence electrons. The quantitative estimate of drug-likeness (QED) is 0.382. The summed E-state index contributed by atoms with van der Waals surface area (Å²) in [6.45, 7) is 6.49. The first-order chi connectivity index (χ1) is 10.8. The average molecular weight is 286 g/mol.